The molecule has 2 N–H and O–H groups in total. The molecular formula is C24H21N3O5. The van der Waals surface area contributed by atoms with E-state index in [0.717, 1.165) is 5.56 Å². The van der Waals surface area contributed by atoms with E-state index in [1.165, 1.54) is 31.4 Å². The molecule has 0 radical (unpaired) electrons. The molecule has 3 rings (SSSR count). The predicted molar refractivity (Wildman–Crippen MR) is 121 cm³/mol. The van der Waals surface area contributed by atoms with Crippen molar-refractivity contribution in [2.24, 2.45) is 0 Å². The van der Waals surface area contributed by atoms with Crippen LogP contribution in [0.4, 0.5) is 11.4 Å². The molecule has 8 heteroatoms. The average Bonchev–Trinajstić information content (AvgIpc) is 2.79. The molecule has 0 spiro atoms. The number of aryl methyl sites for hydroxylation is 1. The Morgan fingerprint density at radius 1 is 1.00 bits per heavy atom. The van der Waals surface area contributed by atoms with Crippen molar-refractivity contribution in [2.75, 3.05) is 12.4 Å². The third-order valence-corrected chi connectivity index (χ3v) is 4.55. The van der Waals surface area contributed by atoms with Gasteiger partial charge in [-0.3, -0.25) is 19.7 Å². The van der Waals surface area contributed by atoms with E-state index in [9.17, 15) is 19.7 Å². The standard InChI is InChI=1S/C24H21N3O5/c1-16-10-12-18(13-11-16)23(28)26-21(15-17-6-5-7-19(14-17)27(30)31)24(29)25-20-8-3-4-9-22(20)32-2/h3-15H,1-2H3,(H,25,29)(H,26,28). The van der Waals surface area contributed by atoms with Crippen LogP contribution in [0.5, 0.6) is 5.75 Å². The fourth-order valence-electron chi connectivity index (χ4n) is 2.89. The average molecular weight is 431 g/mol. The molecule has 0 fully saturated rings. The van der Waals surface area contributed by atoms with Crippen molar-refractivity contribution < 1.29 is 19.2 Å². The number of rotatable bonds is 7. The first-order chi connectivity index (χ1) is 15.4. The van der Waals surface area contributed by atoms with Gasteiger partial charge in [0.2, 0.25) is 0 Å². The van der Waals surface area contributed by atoms with E-state index < -0.39 is 16.7 Å². The topological polar surface area (TPSA) is 111 Å². The van der Waals surface area contributed by atoms with Crippen LogP contribution in [0.1, 0.15) is 21.5 Å². The summed E-state index contributed by atoms with van der Waals surface area (Å²) in [4.78, 5) is 36.4. The molecule has 0 saturated heterocycles. The van der Waals surface area contributed by atoms with Crippen molar-refractivity contribution >= 4 is 29.3 Å². The third kappa shape index (κ3) is 5.57. The molecule has 2 amide bonds. The van der Waals surface area contributed by atoms with Gasteiger partial charge in [-0.05, 0) is 42.8 Å². The lowest BCUT2D eigenvalue weighted by atomic mass is 10.1. The van der Waals surface area contributed by atoms with E-state index in [-0.39, 0.29) is 11.4 Å². The Bertz CT molecular complexity index is 1190. The molecule has 0 heterocycles. The highest BCUT2D eigenvalue weighted by atomic mass is 16.6. The predicted octanol–water partition coefficient (Wildman–Crippen LogP) is 4.32. The van der Waals surface area contributed by atoms with Crippen LogP contribution >= 0.6 is 0 Å². The number of carbonyl (C=O) groups is 2. The minimum absolute atomic E-state index is 0.0815. The van der Waals surface area contributed by atoms with E-state index >= 15 is 0 Å². The van der Waals surface area contributed by atoms with Gasteiger partial charge >= 0.3 is 0 Å². The Morgan fingerprint density at radius 2 is 1.72 bits per heavy atom. The Labute approximate surface area is 184 Å². The van der Waals surface area contributed by atoms with E-state index in [0.29, 0.717) is 22.6 Å². The largest absolute Gasteiger partial charge is 0.495 e. The van der Waals surface area contributed by atoms with Gasteiger partial charge in [0.15, 0.2) is 0 Å². The summed E-state index contributed by atoms with van der Waals surface area (Å²) < 4.78 is 5.25. The maximum absolute atomic E-state index is 13.0. The number of amides is 2. The van der Waals surface area contributed by atoms with Crippen LogP contribution < -0.4 is 15.4 Å². The van der Waals surface area contributed by atoms with Crippen LogP contribution in [-0.2, 0) is 4.79 Å². The van der Waals surface area contributed by atoms with Crippen molar-refractivity contribution in [1.29, 1.82) is 0 Å². The minimum Gasteiger partial charge on any atom is -0.495 e. The zero-order valence-electron chi connectivity index (χ0n) is 17.5. The highest BCUT2D eigenvalue weighted by molar-refractivity contribution is 6.11. The number of hydrogen-bond donors (Lipinski definition) is 2. The van der Waals surface area contributed by atoms with E-state index in [1.807, 2.05) is 6.92 Å². The van der Waals surface area contributed by atoms with Crippen molar-refractivity contribution in [3.05, 3.63) is 105 Å². The van der Waals surface area contributed by atoms with Crippen LogP contribution in [0.15, 0.2) is 78.5 Å². The highest BCUT2D eigenvalue weighted by Gasteiger charge is 2.17. The Hall–Kier alpha value is -4.46. The molecular weight excluding hydrogens is 410 g/mol. The van der Waals surface area contributed by atoms with Gasteiger partial charge in [-0.15, -0.1) is 0 Å². The fourth-order valence-corrected chi connectivity index (χ4v) is 2.89. The Morgan fingerprint density at radius 3 is 2.41 bits per heavy atom. The van der Waals surface area contributed by atoms with Crippen molar-refractivity contribution in [3.8, 4) is 5.75 Å². The molecule has 8 nitrogen and oxygen atoms in total. The van der Waals surface area contributed by atoms with E-state index in [1.54, 1.807) is 54.6 Å². The van der Waals surface area contributed by atoms with Crippen molar-refractivity contribution in [3.63, 3.8) is 0 Å². The summed E-state index contributed by atoms with van der Waals surface area (Å²) in [6.07, 6.45) is 1.38. The molecule has 162 valence electrons. The monoisotopic (exact) mass is 431 g/mol. The van der Waals surface area contributed by atoms with Crippen LogP contribution in [0.3, 0.4) is 0 Å². The zero-order valence-corrected chi connectivity index (χ0v) is 17.5. The second-order valence-electron chi connectivity index (χ2n) is 6.88. The lowest BCUT2D eigenvalue weighted by Crippen LogP contribution is -2.30. The molecule has 0 aromatic heterocycles. The first kappa shape index (κ1) is 22.2. The highest BCUT2D eigenvalue weighted by Crippen LogP contribution is 2.24. The van der Waals surface area contributed by atoms with Crippen molar-refractivity contribution in [1.82, 2.24) is 5.32 Å². The number of carbonyl (C=O) groups excluding carboxylic acids is 2. The van der Waals surface area contributed by atoms with Crippen LogP contribution in [0.25, 0.3) is 6.08 Å². The van der Waals surface area contributed by atoms with Gasteiger partial charge in [0.05, 0.1) is 17.7 Å². The second-order valence-corrected chi connectivity index (χ2v) is 6.88. The number of nitrogens with one attached hydrogen (secondary N) is 2. The molecule has 0 atom stereocenters. The van der Waals surface area contributed by atoms with Crippen LogP contribution in [-0.4, -0.2) is 23.8 Å². The summed E-state index contributed by atoms with van der Waals surface area (Å²) in [6, 6.07) is 19.5. The van der Waals surface area contributed by atoms with Crippen LogP contribution in [0.2, 0.25) is 0 Å². The van der Waals surface area contributed by atoms with Gasteiger partial charge in [0.1, 0.15) is 11.4 Å². The minimum atomic E-state index is -0.610. The molecule has 3 aromatic carbocycles. The maximum Gasteiger partial charge on any atom is 0.272 e. The number of non-ortho nitro benzene ring substituents is 1. The summed E-state index contributed by atoms with van der Waals surface area (Å²) in [5.74, 6) is -0.654. The molecule has 0 aliphatic carbocycles. The summed E-state index contributed by atoms with van der Waals surface area (Å²) in [6.45, 7) is 1.90. The van der Waals surface area contributed by atoms with Gasteiger partial charge < -0.3 is 15.4 Å². The Balaban J connectivity index is 1.95. The van der Waals surface area contributed by atoms with E-state index in [2.05, 4.69) is 10.6 Å². The Kier molecular flexibility index (Phi) is 6.97. The van der Waals surface area contributed by atoms with Gasteiger partial charge in [0.25, 0.3) is 17.5 Å². The summed E-state index contributed by atoms with van der Waals surface area (Å²) in [5, 5.41) is 16.4. The maximum atomic E-state index is 13.0. The first-order valence-corrected chi connectivity index (χ1v) is 9.66. The summed E-state index contributed by atoms with van der Waals surface area (Å²) >= 11 is 0. The summed E-state index contributed by atoms with van der Waals surface area (Å²) in [5.41, 5.74) is 1.94. The van der Waals surface area contributed by atoms with Gasteiger partial charge in [0, 0.05) is 17.7 Å². The molecule has 32 heavy (non-hydrogen) atoms. The normalized spacial score (nSPS) is 10.9. The number of hydrogen-bond acceptors (Lipinski definition) is 5. The molecule has 0 unspecified atom stereocenters. The number of benzene rings is 3. The van der Waals surface area contributed by atoms with Crippen molar-refractivity contribution in [2.45, 2.75) is 6.92 Å². The number of para-hydroxylation sites is 2. The number of methoxy groups -OCH3 is 1. The van der Waals surface area contributed by atoms with Crippen LogP contribution in [0, 0.1) is 17.0 Å². The number of nitrogens with zero attached hydrogens (tertiary/aromatic N) is 1. The zero-order chi connectivity index (χ0) is 23.1. The van der Waals surface area contributed by atoms with Gasteiger partial charge in [-0.2, -0.15) is 0 Å². The second kappa shape index (κ2) is 10.0. The SMILES string of the molecule is COc1ccccc1NC(=O)C(=Cc1cccc([N+](=O)[O-])c1)NC(=O)c1ccc(C)cc1. The van der Waals surface area contributed by atoms with E-state index in [4.69, 9.17) is 4.74 Å². The lowest BCUT2D eigenvalue weighted by molar-refractivity contribution is -0.384. The molecule has 0 saturated carbocycles. The number of anilines is 1. The lowest BCUT2D eigenvalue weighted by Gasteiger charge is -2.13. The van der Waals surface area contributed by atoms with Gasteiger partial charge in [-0.25, -0.2) is 0 Å². The quantitative estimate of drug-likeness (QED) is 0.329. The summed E-state index contributed by atoms with van der Waals surface area (Å²) in [7, 11) is 1.48. The molecule has 0 aliphatic rings. The molecule has 3 aromatic rings. The molecule has 0 bridgehead atoms. The number of nitro benzene ring substituents is 1. The van der Waals surface area contributed by atoms with Gasteiger partial charge in [-0.1, -0.05) is 42.0 Å². The number of nitro groups is 1. The molecule has 0 aliphatic heterocycles. The third-order valence-electron chi connectivity index (χ3n) is 4.55. The fraction of sp³-hybridized carbons (Fsp3) is 0.0833. The first-order valence-electron chi connectivity index (χ1n) is 9.66. The smallest absolute Gasteiger partial charge is 0.272 e. The number of ether oxygens (including phenoxy) is 1.